The average Bonchev–Trinajstić information content (AvgIpc) is 1.91. The molecule has 9 heavy (non-hydrogen) atoms. The number of allylic oxidation sites excluding steroid dienone is 1. The average molecular weight is 126 g/mol. The van der Waals surface area contributed by atoms with Crippen LogP contribution in [0.1, 0.15) is 26.2 Å². The summed E-state index contributed by atoms with van der Waals surface area (Å²) < 4.78 is 0. The summed E-state index contributed by atoms with van der Waals surface area (Å²) in [6, 6.07) is 0. The highest BCUT2D eigenvalue weighted by molar-refractivity contribution is 5.49. The highest BCUT2D eigenvalue weighted by atomic mass is 16.1. The second-order valence-corrected chi connectivity index (χ2v) is 2.15. The van der Waals surface area contributed by atoms with Gasteiger partial charge in [0.05, 0.1) is 0 Å². The standard InChI is InChI=1S/C8H14O/c1-3-8(4-2)6-5-7-9/h3,7-8H,1,4-6H2,2H3. The van der Waals surface area contributed by atoms with Gasteiger partial charge in [0.15, 0.2) is 0 Å². The third kappa shape index (κ3) is 3.95. The van der Waals surface area contributed by atoms with E-state index in [1.165, 1.54) is 0 Å². The molecule has 0 saturated heterocycles. The monoisotopic (exact) mass is 126 g/mol. The molecule has 0 amide bonds. The highest BCUT2D eigenvalue weighted by Gasteiger charge is 1.97. The van der Waals surface area contributed by atoms with E-state index in [1.807, 2.05) is 6.08 Å². The third-order valence-corrected chi connectivity index (χ3v) is 1.51. The van der Waals surface area contributed by atoms with Gasteiger partial charge in [0, 0.05) is 6.42 Å². The molecule has 1 nitrogen and oxygen atoms in total. The fraction of sp³-hybridized carbons (Fsp3) is 0.625. The minimum absolute atomic E-state index is 0.537. The van der Waals surface area contributed by atoms with E-state index in [2.05, 4.69) is 13.5 Å². The third-order valence-electron chi connectivity index (χ3n) is 1.51. The largest absolute Gasteiger partial charge is 0.303 e. The molecule has 0 saturated carbocycles. The van der Waals surface area contributed by atoms with Crippen molar-refractivity contribution in [3.8, 4) is 0 Å². The Morgan fingerprint density at radius 3 is 2.67 bits per heavy atom. The first-order valence-corrected chi connectivity index (χ1v) is 3.41. The van der Waals surface area contributed by atoms with Crippen molar-refractivity contribution in [3.63, 3.8) is 0 Å². The first-order chi connectivity index (χ1) is 4.35. The van der Waals surface area contributed by atoms with Crippen molar-refractivity contribution < 1.29 is 4.79 Å². The molecule has 0 aromatic heterocycles. The van der Waals surface area contributed by atoms with Crippen molar-refractivity contribution in [1.82, 2.24) is 0 Å². The van der Waals surface area contributed by atoms with E-state index in [-0.39, 0.29) is 0 Å². The highest BCUT2D eigenvalue weighted by Crippen LogP contribution is 2.09. The number of hydrogen-bond acceptors (Lipinski definition) is 1. The van der Waals surface area contributed by atoms with Crippen LogP contribution in [0.5, 0.6) is 0 Å². The van der Waals surface area contributed by atoms with Crippen LogP contribution in [0.25, 0.3) is 0 Å². The van der Waals surface area contributed by atoms with Crippen LogP contribution in [0.4, 0.5) is 0 Å². The summed E-state index contributed by atoms with van der Waals surface area (Å²) >= 11 is 0. The van der Waals surface area contributed by atoms with E-state index in [9.17, 15) is 4.79 Å². The molecule has 0 aliphatic heterocycles. The van der Waals surface area contributed by atoms with Gasteiger partial charge in [-0.1, -0.05) is 13.0 Å². The zero-order valence-corrected chi connectivity index (χ0v) is 5.97. The predicted octanol–water partition coefficient (Wildman–Crippen LogP) is 2.18. The van der Waals surface area contributed by atoms with Crippen LogP contribution >= 0.6 is 0 Å². The Morgan fingerprint density at radius 1 is 1.67 bits per heavy atom. The zero-order chi connectivity index (χ0) is 7.11. The number of rotatable bonds is 5. The Bertz CT molecular complexity index is 86.6. The lowest BCUT2D eigenvalue weighted by Gasteiger charge is -2.04. The Labute approximate surface area is 56.8 Å². The van der Waals surface area contributed by atoms with Crippen molar-refractivity contribution in [1.29, 1.82) is 0 Å². The number of aldehydes is 1. The SMILES string of the molecule is C=CC(CC)CCC=O. The molecule has 0 heterocycles. The van der Waals surface area contributed by atoms with Gasteiger partial charge in [-0.25, -0.2) is 0 Å². The van der Waals surface area contributed by atoms with Crippen LogP contribution < -0.4 is 0 Å². The first kappa shape index (κ1) is 8.41. The van der Waals surface area contributed by atoms with Crippen molar-refractivity contribution >= 4 is 6.29 Å². The van der Waals surface area contributed by atoms with Crippen LogP contribution in [0.2, 0.25) is 0 Å². The molecule has 0 aromatic carbocycles. The molecule has 0 rings (SSSR count). The van der Waals surface area contributed by atoms with Gasteiger partial charge in [0.25, 0.3) is 0 Å². The Hall–Kier alpha value is -0.590. The molecule has 0 fully saturated rings. The van der Waals surface area contributed by atoms with Crippen LogP contribution in [-0.4, -0.2) is 6.29 Å². The molecular formula is C8H14O. The molecule has 0 radical (unpaired) electrons. The van der Waals surface area contributed by atoms with Crippen molar-refractivity contribution in [2.75, 3.05) is 0 Å². The quantitative estimate of drug-likeness (QED) is 0.407. The normalized spacial score (nSPS) is 12.6. The molecule has 0 N–H and O–H groups in total. The number of carbonyl (C=O) groups is 1. The summed E-state index contributed by atoms with van der Waals surface area (Å²) in [4.78, 5) is 9.91. The predicted molar refractivity (Wildman–Crippen MR) is 39.3 cm³/mol. The van der Waals surface area contributed by atoms with Crippen molar-refractivity contribution in [2.24, 2.45) is 5.92 Å². The maximum absolute atomic E-state index is 9.91. The topological polar surface area (TPSA) is 17.1 Å². The first-order valence-electron chi connectivity index (χ1n) is 3.41. The van der Waals surface area contributed by atoms with Gasteiger partial charge in [0.2, 0.25) is 0 Å². The summed E-state index contributed by atoms with van der Waals surface area (Å²) in [5.74, 6) is 0.537. The molecule has 1 heteroatoms. The Balaban J connectivity index is 3.30. The molecular weight excluding hydrogens is 112 g/mol. The summed E-state index contributed by atoms with van der Waals surface area (Å²) in [5.41, 5.74) is 0. The van der Waals surface area contributed by atoms with E-state index in [4.69, 9.17) is 0 Å². The minimum Gasteiger partial charge on any atom is -0.303 e. The number of hydrogen-bond donors (Lipinski definition) is 0. The molecule has 52 valence electrons. The van der Waals surface area contributed by atoms with Gasteiger partial charge >= 0.3 is 0 Å². The van der Waals surface area contributed by atoms with E-state index < -0.39 is 0 Å². The van der Waals surface area contributed by atoms with E-state index >= 15 is 0 Å². The van der Waals surface area contributed by atoms with E-state index in [0.29, 0.717) is 12.3 Å². The smallest absolute Gasteiger partial charge is 0.120 e. The molecule has 0 aromatic rings. The van der Waals surface area contributed by atoms with Gasteiger partial charge in [-0.2, -0.15) is 0 Å². The molecule has 0 bridgehead atoms. The molecule has 0 spiro atoms. The second kappa shape index (κ2) is 5.54. The Morgan fingerprint density at radius 2 is 2.33 bits per heavy atom. The minimum atomic E-state index is 0.537. The van der Waals surface area contributed by atoms with Gasteiger partial charge in [0.1, 0.15) is 6.29 Å². The van der Waals surface area contributed by atoms with Crippen LogP contribution in [0.3, 0.4) is 0 Å². The molecule has 1 unspecified atom stereocenters. The maximum atomic E-state index is 9.91. The van der Waals surface area contributed by atoms with E-state index in [0.717, 1.165) is 19.1 Å². The van der Waals surface area contributed by atoms with E-state index in [1.54, 1.807) is 0 Å². The summed E-state index contributed by atoms with van der Waals surface area (Å²) in [6.07, 6.45) is 5.61. The zero-order valence-electron chi connectivity index (χ0n) is 5.97. The lowest BCUT2D eigenvalue weighted by atomic mass is 10.0. The van der Waals surface area contributed by atoms with Gasteiger partial charge in [-0.15, -0.1) is 6.58 Å². The fourth-order valence-corrected chi connectivity index (χ4v) is 0.771. The lowest BCUT2D eigenvalue weighted by molar-refractivity contribution is -0.108. The summed E-state index contributed by atoms with van der Waals surface area (Å²) in [5, 5.41) is 0. The summed E-state index contributed by atoms with van der Waals surface area (Å²) in [6.45, 7) is 5.78. The number of carbonyl (C=O) groups excluding carboxylic acids is 1. The van der Waals surface area contributed by atoms with Gasteiger partial charge < -0.3 is 4.79 Å². The van der Waals surface area contributed by atoms with Crippen LogP contribution in [0.15, 0.2) is 12.7 Å². The maximum Gasteiger partial charge on any atom is 0.120 e. The van der Waals surface area contributed by atoms with Gasteiger partial charge in [-0.05, 0) is 18.8 Å². The molecule has 0 aliphatic carbocycles. The van der Waals surface area contributed by atoms with Crippen LogP contribution in [0, 0.1) is 5.92 Å². The van der Waals surface area contributed by atoms with Gasteiger partial charge in [-0.3, -0.25) is 0 Å². The lowest BCUT2D eigenvalue weighted by Crippen LogP contribution is -1.93. The van der Waals surface area contributed by atoms with Crippen LogP contribution in [-0.2, 0) is 4.79 Å². The van der Waals surface area contributed by atoms with Crippen molar-refractivity contribution in [2.45, 2.75) is 26.2 Å². The van der Waals surface area contributed by atoms with Crippen molar-refractivity contribution in [3.05, 3.63) is 12.7 Å². The molecule has 1 atom stereocenters. The fourth-order valence-electron chi connectivity index (χ4n) is 0.771. The second-order valence-electron chi connectivity index (χ2n) is 2.15. The Kier molecular flexibility index (Phi) is 5.18. The summed E-state index contributed by atoms with van der Waals surface area (Å²) in [7, 11) is 0. The molecule has 0 aliphatic rings.